The summed E-state index contributed by atoms with van der Waals surface area (Å²) in [5.74, 6) is 2.43. The summed E-state index contributed by atoms with van der Waals surface area (Å²) in [5.41, 5.74) is -0.0763. The summed E-state index contributed by atoms with van der Waals surface area (Å²) in [5, 5.41) is 6.63. The van der Waals surface area contributed by atoms with Crippen molar-refractivity contribution in [2.45, 2.75) is 31.8 Å². The Morgan fingerprint density at radius 1 is 1.32 bits per heavy atom. The summed E-state index contributed by atoms with van der Waals surface area (Å²) in [6.45, 7) is 5.19. The molecular formula is C18H30IN3O3. The highest BCUT2D eigenvalue weighted by Gasteiger charge is 2.29. The van der Waals surface area contributed by atoms with Crippen LogP contribution in [-0.2, 0) is 4.74 Å². The van der Waals surface area contributed by atoms with E-state index in [0.717, 1.165) is 56.4 Å². The molecule has 0 aromatic heterocycles. The number of halogens is 1. The van der Waals surface area contributed by atoms with Crippen LogP contribution in [0.3, 0.4) is 0 Å². The minimum absolute atomic E-state index is 0. The molecule has 1 aliphatic heterocycles. The highest BCUT2D eigenvalue weighted by atomic mass is 127. The van der Waals surface area contributed by atoms with E-state index in [1.165, 1.54) is 0 Å². The molecule has 0 spiro atoms. The molecule has 2 rings (SSSR count). The second-order valence-electron chi connectivity index (χ2n) is 6.14. The van der Waals surface area contributed by atoms with Crippen LogP contribution in [0, 0.1) is 0 Å². The van der Waals surface area contributed by atoms with E-state index in [1.807, 2.05) is 24.3 Å². The first-order valence-electron chi connectivity index (χ1n) is 8.50. The van der Waals surface area contributed by atoms with Crippen molar-refractivity contribution >= 4 is 29.9 Å². The summed E-state index contributed by atoms with van der Waals surface area (Å²) < 4.78 is 16.7. The Kier molecular flexibility index (Phi) is 9.96. The molecule has 1 saturated heterocycles. The number of nitrogens with one attached hydrogen (secondary N) is 2. The van der Waals surface area contributed by atoms with Gasteiger partial charge in [-0.1, -0.05) is 6.07 Å². The zero-order valence-corrected chi connectivity index (χ0v) is 17.7. The van der Waals surface area contributed by atoms with Gasteiger partial charge in [-0.25, -0.2) is 0 Å². The molecule has 6 nitrogen and oxygen atoms in total. The van der Waals surface area contributed by atoms with E-state index in [-0.39, 0.29) is 29.6 Å². The molecule has 1 unspecified atom stereocenters. The van der Waals surface area contributed by atoms with Gasteiger partial charge in [-0.15, -0.1) is 24.0 Å². The molecule has 1 fully saturated rings. The van der Waals surface area contributed by atoms with Gasteiger partial charge in [0.05, 0.1) is 19.3 Å². The molecular weight excluding hydrogens is 433 g/mol. The molecule has 0 bridgehead atoms. The van der Waals surface area contributed by atoms with Crippen LogP contribution in [0.1, 0.15) is 26.2 Å². The average Bonchev–Trinajstić information content (AvgIpc) is 3.04. The molecule has 0 saturated carbocycles. The molecule has 1 aliphatic rings. The molecule has 0 aliphatic carbocycles. The van der Waals surface area contributed by atoms with Gasteiger partial charge < -0.3 is 24.8 Å². The maximum absolute atomic E-state index is 5.77. The highest BCUT2D eigenvalue weighted by Crippen LogP contribution is 2.23. The first-order valence-corrected chi connectivity index (χ1v) is 8.50. The third-order valence-corrected chi connectivity index (χ3v) is 4.08. The lowest BCUT2D eigenvalue weighted by molar-refractivity contribution is 0.0243. The van der Waals surface area contributed by atoms with Crippen molar-refractivity contribution in [2.75, 3.05) is 40.5 Å². The lowest BCUT2D eigenvalue weighted by Gasteiger charge is -2.24. The first kappa shape index (κ1) is 21.8. The summed E-state index contributed by atoms with van der Waals surface area (Å²) in [4.78, 5) is 4.24. The predicted molar refractivity (Wildman–Crippen MR) is 111 cm³/mol. The average molecular weight is 463 g/mol. The summed E-state index contributed by atoms with van der Waals surface area (Å²) in [6, 6.07) is 7.64. The maximum atomic E-state index is 5.77. The zero-order valence-electron chi connectivity index (χ0n) is 15.3. The Morgan fingerprint density at radius 3 is 2.80 bits per heavy atom. The minimum Gasteiger partial charge on any atom is -0.497 e. The second-order valence-corrected chi connectivity index (χ2v) is 6.14. The molecule has 1 aromatic carbocycles. The molecule has 2 N–H and O–H groups in total. The number of nitrogens with zero attached hydrogens (tertiary/aromatic N) is 1. The molecule has 25 heavy (non-hydrogen) atoms. The van der Waals surface area contributed by atoms with Crippen LogP contribution in [0.15, 0.2) is 29.3 Å². The van der Waals surface area contributed by atoms with Gasteiger partial charge in [0, 0.05) is 32.8 Å². The van der Waals surface area contributed by atoms with Crippen LogP contribution in [0.2, 0.25) is 0 Å². The SMILES string of the molecule is CN=C(NCCCOc1cccc(OC)c1)NCC1(C)CCCO1.I. The maximum Gasteiger partial charge on any atom is 0.191 e. The number of hydrogen-bond acceptors (Lipinski definition) is 4. The molecule has 1 heterocycles. The summed E-state index contributed by atoms with van der Waals surface area (Å²) in [7, 11) is 3.43. The third kappa shape index (κ3) is 7.68. The fourth-order valence-electron chi connectivity index (χ4n) is 2.63. The Morgan fingerprint density at radius 2 is 2.12 bits per heavy atom. The lowest BCUT2D eigenvalue weighted by Crippen LogP contribution is -2.45. The number of rotatable bonds is 8. The van der Waals surface area contributed by atoms with Gasteiger partial charge in [0.1, 0.15) is 11.5 Å². The standard InChI is InChI=1S/C18H29N3O3.HI/c1-18(9-5-12-24-18)14-21-17(19-2)20-10-6-11-23-16-8-4-7-15(13-16)22-3;/h4,7-8,13H,5-6,9-12,14H2,1-3H3,(H2,19,20,21);1H. The third-order valence-electron chi connectivity index (χ3n) is 4.08. The number of aliphatic imine (C=N–C) groups is 1. The van der Waals surface area contributed by atoms with Crippen LogP contribution in [0.5, 0.6) is 11.5 Å². The van der Waals surface area contributed by atoms with E-state index in [0.29, 0.717) is 6.61 Å². The van der Waals surface area contributed by atoms with Gasteiger partial charge >= 0.3 is 0 Å². The van der Waals surface area contributed by atoms with Gasteiger partial charge in [0.15, 0.2) is 5.96 Å². The smallest absolute Gasteiger partial charge is 0.191 e. The largest absolute Gasteiger partial charge is 0.497 e. The van der Waals surface area contributed by atoms with Gasteiger partial charge in [0.25, 0.3) is 0 Å². The summed E-state index contributed by atoms with van der Waals surface area (Å²) in [6.07, 6.45) is 3.10. The van der Waals surface area contributed by atoms with Crippen LogP contribution in [0.4, 0.5) is 0 Å². The van der Waals surface area contributed by atoms with E-state index in [1.54, 1.807) is 14.2 Å². The molecule has 0 radical (unpaired) electrons. The van der Waals surface area contributed by atoms with E-state index in [9.17, 15) is 0 Å². The van der Waals surface area contributed by atoms with Crippen molar-refractivity contribution in [3.63, 3.8) is 0 Å². The minimum atomic E-state index is -0.0763. The predicted octanol–water partition coefficient (Wildman–Crippen LogP) is 2.82. The fraction of sp³-hybridized carbons (Fsp3) is 0.611. The number of methoxy groups -OCH3 is 1. The van der Waals surface area contributed by atoms with Gasteiger partial charge in [-0.2, -0.15) is 0 Å². The number of hydrogen-bond donors (Lipinski definition) is 2. The van der Waals surface area contributed by atoms with E-state index in [4.69, 9.17) is 14.2 Å². The Bertz CT molecular complexity index is 534. The van der Waals surface area contributed by atoms with Crippen molar-refractivity contribution in [3.05, 3.63) is 24.3 Å². The van der Waals surface area contributed by atoms with Crippen LogP contribution >= 0.6 is 24.0 Å². The van der Waals surface area contributed by atoms with Gasteiger partial charge in [0.2, 0.25) is 0 Å². The number of ether oxygens (including phenoxy) is 3. The first-order chi connectivity index (χ1) is 11.6. The zero-order chi connectivity index (χ0) is 17.3. The van der Waals surface area contributed by atoms with E-state index in [2.05, 4.69) is 22.5 Å². The number of benzene rings is 1. The molecule has 1 atom stereocenters. The molecule has 1 aromatic rings. The highest BCUT2D eigenvalue weighted by molar-refractivity contribution is 14.0. The van der Waals surface area contributed by atoms with E-state index < -0.39 is 0 Å². The summed E-state index contributed by atoms with van der Waals surface area (Å²) >= 11 is 0. The van der Waals surface area contributed by atoms with Crippen molar-refractivity contribution in [2.24, 2.45) is 4.99 Å². The normalized spacial score (nSPS) is 19.9. The van der Waals surface area contributed by atoms with Gasteiger partial charge in [-0.05, 0) is 38.3 Å². The van der Waals surface area contributed by atoms with Gasteiger partial charge in [-0.3, -0.25) is 4.99 Å². The second kappa shape index (κ2) is 11.4. The Balaban J connectivity index is 0.00000312. The Hall–Kier alpha value is -1.22. The van der Waals surface area contributed by atoms with Crippen molar-refractivity contribution in [3.8, 4) is 11.5 Å². The molecule has 7 heteroatoms. The lowest BCUT2D eigenvalue weighted by atomic mass is 10.0. The Labute approximate surface area is 167 Å². The van der Waals surface area contributed by atoms with Crippen molar-refractivity contribution in [1.29, 1.82) is 0 Å². The monoisotopic (exact) mass is 463 g/mol. The molecule has 0 amide bonds. The topological polar surface area (TPSA) is 64.1 Å². The van der Waals surface area contributed by atoms with Crippen LogP contribution in [0.25, 0.3) is 0 Å². The number of guanidine groups is 1. The van der Waals surface area contributed by atoms with Crippen LogP contribution in [-0.4, -0.2) is 52.0 Å². The van der Waals surface area contributed by atoms with Crippen molar-refractivity contribution < 1.29 is 14.2 Å². The van der Waals surface area contributed by atoms with Crippen LogP contribution < -0.4 is 20.1 Å². The van der Waals surface area contributed by atoms with E-state index >= 15 is 0 Å². The quantitative estimate of drug-likeness (QED) is 0.269. The molecule has 142 valence electrons. The fourth-order valence-corrected chi connectivity index (χ4v) is 2.63. The van der Waals surface area contributed by atoms with Crippen molar-refractivity contribution in [1.82, 2.24) is 10.6 Å².